The first-order valence-corrected chi connectivity index (χ1v) is 8.73. The van der Waals surface area contributed by atoms with Crippen molar-refractivity contribution in [3.63, 3.8) is 0 Å². The van der Waals surface area contributed by atoms with Crippen LogP contribution in [0.1, 0.15) is 32.2 Å². The first-order chi connectivity index (χ1) is 12.6. The van der Waals surface area contributed by atoms with Gasteiger partial charge in [0.05, 0.1) is 17.7 Å². The summed E-state index contributed by atoms with van der Waals surface area (Å²) in [6.07, 6.45) is 0.974. The van der Waals surface area contributed by atoms with Crippen molar-refractivity contribution in [2.24, 2.45) is 5.73 Å². The van der Waals surface area contributed by atoms with Gasteiger partial charge < -0.3 is 20.6 Å². The van der Waals surface area contributed by atoms with Gasteiger partial charge in [-0.1, -0.05) is 18.2 Å². The van der Waals surface area contributed by atoms with Crippen LogP contribution >= 0.6 is 0 Å². The SMILES string of the molecule is CCn1nnc(C2=C(C)C(C=O)(c3ccccc3OCCN)C(C)N2)n1. The second kappa shape index (κ2) is 7.25. The molecule has 0 spiro atoms. The van der Waals surface area contributed by atoms with E-state index in [1.807, 2.05) is 45.0 Å². The first kappa shape index (κ1) is 18.1. The Hall–Kier alpha value is -2.74. The fraction of sp³-hybridized carbons (Fsp3) is 0.444. The number of nitrogens with one attached hydrogen (secondary N) is 1. The van der Waals surface area contributed by atoms with Gasteiger partial charge in [0.2, 0.25) is 5.82 Å². The third-order valence-electron chi connectivity index (χ3n) is 4.89. The van der Waals surface area contributed by atoms with E-state index in [0.717, 1.165) is 23.1 Å². The molecule has 0 amide bonds. The number of hydrogen-bond acceptors (Lipinski definition) is 7. The van der Waals surface area contributed by atoms with E-state index in [2.05, 4.69) is 20.7 Å². The van der Waals surface area contributed by atoms with Gasteiger partial charge in [-0.3, -0.25) is 0 Å². The number of hydrogen-bond donors (Lipinski definition) is 2. The van der Waals surface area contributed by atoms with Crippen LogP contribution < -0.4 is 15.8 Å². The molecular weight excluding hydrogens is 332 g/mol. The summed E-state index contributed by atoms with van der Waals surface area (Å²) in [5.41, 5.74) is 7.08. The summed E-state index contributed by atoms with van der Waals surface area (Å²) in [5, 5.41) is 15.9. The summed E-state index contributed by atoms with van der Waals surface area (Å²) in [5.74, 6) is 1.14. The molecule has 2 unspecified atom stereocenters. The fourth-order valence-corrected chi connectivity index (χ4v) is 3.47. The maximum Gasteiger partial charge on any atom is 0.220 e. The highest BCUT2D eigenvalue weighted by Gasteiger charge is 2.48. The second-order valence-electron chi connectivity index (χ2n) is 6.29. The van der Waals surface area contributed by atoms with Crippen molar-refractivity contribution in [1.82, 2.24) is 25.5 Å². The predicted octanol–water partition coefficient (Wildman–Crippen LogP) is 0.890. The highest BCUT2D eigenvalue weighted by Crippen LogP contribution is 2.45. The zero-order valence-corrected chi connectivity index (χ0v) is 15.3. The Morgan fingerprint density at radius 3 is 2.85 bits per heavy atom. The van der Waals surface area contributed by atoms with E-state index in [9.17, 15) is 4.79 Å². The zero-order chi connectivity index (χ0) is 18.7. The largest absolute Gasteiger partial charge is 0.492 e. The van der Waals surface area contributed by atoms with Crippen LogP contribution in [0.2, 0.25) is 0 Å². The van der Waals surface area contributed by atoms with Crippen LogP contribution in [0, 0.1) is 0 Å². The lowest BCUT2D eigenvalue weighted by atomic mass is 9.72. The molecule has 8 nitrogen and oxygen atoms in total. The zero-order valence-electron chi connectivity index (χ0n) is 15.3. The molecule has 3 rings (SSSR count). The van der Waals surface area contributed by atoms with Crippen LogP contribution in [0.15, 0.2) is 29.8 Å². The summed E-state index contributed by atoms with van der Waals surface area (Å²) >= 11 is 0. The molecule has 0 fully saturated rings. The van der Waals surface area contributed by atoms with E-state index in [0.29, 0.717) is 31.3 Å². The van der Waals surface area contributed by atoms with Gasteiger partial charge in [-0.15, -0.1) is 10.2 Å². The summed E-state index contributed by atoms with van der Waals surface area (Å²) in [6, 6.07) is 7.38. The van der Waals surface area contributed by atoms with Gasteiger partial charge in [-0.2, -0.15) is 4.80 Å². The number of aromatic nitrogens is 4. The molecule has 1 aliphatic heterocycles. The lowest BCUT2D eigenvalue weighted by Gasteiger charge is -2.31. The van der Waals surface area contributed by atoms with E-state index in [1.54, 1.807) is 0 Å². The van der Waals surface area contributed by atoms with Crippen molar-refractivity contribution >= 4 is 12.0 Å². The third kappa shape index (κ3) is 2.76. The minimum Gasteiger partial charge on any atom is -0.492 e. The molecule has 1 aromatic heterocycles. The Labute approximate surface area is 152 Å². The number of nitrogens with zero attached hydrogens (tertiary/aromatic N) is 4. The molecular formula is C18H24N6O2. The molecule has 8 heteroatoms. The molecule has 138 valence electrons. The maximum absolute atomic E-state index is 12.4. The van der Waals surface area contributed by atoms with E-state index >= 15 is 0 Å². The Balaban J connectivity index is 2.12. The van der Waals surface area contributed by atoms with Gasteiger partial charge in [-0.25, -0.2) is 0 Å². The van der Waals surface area contributed by atoms with E-state index < -0.39 is 5.41 Å². The van der Waals surface area contributed by atoms with Crippen LogP contribution in [0.25, 0.3) is 5.70 Å². The minimum atomic E-state index is -0.877. The van der Waals surface area contributed by atoms with Crippen LogP contribution in [0.3, 0.4) is 0 Å². The summed E-state index contributed by atoms with van der Waals surface area (Å²) in [4.78, 5) is 13.9. The average Bonchev–Trinajstić information content (AvgIpc) is 3.23. The topological polar surface area (TPSA) is 108 Å². The van der Waals surface area contributed by atoms with Gasteiger partial charge in [0, 0.05) is 18.2 Å². The first-order valence-electron chi connectivity index (χ1n) is 8.73. The van der Waals surface area contributed by atoms with Crippen LogP contribution in [0.5, 0.6) is 5.75 Å². The summed E-state index contributed by atoms with van der Waals surface area (Å²) in [7, 11) is 0. The number of carbonyl (C=O) groups is 1. The van der Waals surface area contributed by atoms with Gasteiger partial charge in [0.15, 0.2) is 0 Å². The minimum absolute atomic E-state index is 0.189. The lowest BCUT2D eigenvalue weighted by molar-refractivity contribution is -0.111. The predicted molar refractivity (Wildman–Crippen MR) is 97.4 cm³/mol. The van der Waals surface area contributed by atoms with Crippen LogP contribution in [-0.2, 0) is 16.8 Å². The molecule has 0 saturated heterocycles. The van der Waals surface area contributed by atoms with Gasteiger partial charge >= 0.3 is 0 Å². The molecule has 0 bridgehead atoms. The normalized spacial score (nSPS) is 22.4. The van der Waals surface area contributed by atoms with Crippen molar-refractivity contribution < 1.29 is 9.53 Å². The molecule has 26 heavy (non-hydrogen) atoms. The number of benzene rings is 1. The molecule has 2 aromatic rings. The Morgan fingerprint density at radius 1 is 1.42 bits per heavy atom. The number of para-hydroxylation sites is 1. The second-order valence-corrected chi connectivity index (χ2v) is 6.29. The number of aldehydes is 1. The Bertz CT molecular complexity index is 831. The summed E-state index contributed by atoms with van der Waals surface area (Å²) < 4.78 is 5.80. The number of tetrazole rings is 1. The molecule has 1 aliphatic rings. The van der Waals surface area contributed by atoms with Gasteiger partial charge in [-0.05, 0) is 37.6 Å². The number of rotatable bonds is 7. The van der Waals surface area contributed by atoms with Crippen LogP contribution in [-0.4, -0.2) is 45.7 Å². The van der Waals surface area contributed by atoms with E-state index in [4.69, 9.17) is 10.5 Å². The van der Waals surface area contributed by atoms with Gasteiger partial charge in [0.25, 0.3) is 0 Å². The average molecular weight is 356 g/mol. The quantitative estimate of drug-likeness (QED) is 0.709. The van der Waals surface area contributed by atoms with Crippen molar-refractivity contribution in [2.75, 3.05) is 13.2 Å². The molecule has 0 aliphatic carbocycles. The molecule has 1 aromatic carbocycles. The van der Waals surface area contributed by atoms with Crippen molar-refractivity contribution in [1.29, 1.82) is 0 Å². The number of ether oxygens (including phenoxy) is 1. The van der Waals surface area contributed by atoms with Crippen molar-refractivity contribution in [3.05, 3.63) is 41.2 Å². The molecule has 2 atom stereocenters. The van der Waals surface area contributed by atoms with Crippen molar-refractivity contribution in [3.8, 4) is 5.75 Å². The lowest BCUT2D eigenvalue weighted by Crippen LogP contribution is -2.42. The molecule has 2 heterocycles. The fourth-order valence-electron chi connectivity index (χ4n) is 3.47. The highest BCUT2D eigenvalue weighted by atomic mass is 16.5. The van der Waals surface area contributed by atoms with E-state index in [1.165, 1.54) is 4.80 Å². The number of nitrogens with two attached hydrogens (primary N) is 1. The number of aryl methyl sites for hydroxylation is 1. The smallest absolute Gasteiger partial charge is 0.220 e. The summed E-state index contributed by atoms with van der Waals surface area (Å²) in [6.45, 7) is 7.25. The third-order valence-corrected chi connectivity index (χ3v) is 4.89. The maximum atomic E-state index is 12.4. The van der Waals surface area contributed by atoms with Gasteiger partial charge in [0.1, 0.15) is 18.6 Å². The monoisotopic (exact) mass is 356 g/mol. The van der Waals surface area contributed by atoms with Crippen LogP contribution in [0.4, 0.5) is 0 Å². The Morgan fingerprint density at radius 2 is 2.19 bits per heavy atom. The molecule has 0 radical (unpaired) electrons. The standard InChI is InChI=1S/C18H24N6O2/c1-4-24-22-17(21-23-24)16-12(2)18(11-25,13(3)20-16)14-7-5-6-8-15(14)26-10-9-19/h5-8,11,13,20H,4,9-10,19H2,1-3H3. The van der Waals surface area contributed by atoms with E-state index in [-0.39, 0.29) is 6.04 Å². The Kier molecular flexibility index (Phi) is 5.03. The highest BCUT2D eigenvalue weighted by molar-refractivity contribution is 5.86. The number of carbonyl (C=O) groups excluding carboxylic acids is 1. The van der Waals surface area contributed by atoms with Crippen molar-refractivity contribution in [2.45, 2.75) is 38.8 Å². The molecule has 0 saturated carbocycles. The molecule has 3 N–H and O–H groups in total.